The molecule has 0 aliphatic heterocycles. The van der Waals surface area contributed by atoms with E-state index in [9.17, 15) is 0 Å². The van der Waals surface area contributed by atoms with E-state index < -0.39 is 0 Å². The summed E-state index contributed by atoms with van der Waals surface area (Å²) in [4.78, 5) is 0. The molecule has 0 amide bonds. The van der Waals surface area contributed by atoms with Gasteiger partial charge < -0.3 is 9.47 Å². The van der Waals surface area contributed by atoms with Crippen LogP contribution < -0.4 is 4.74 Å². The predicted molar refractivity (Wildman–Crippen MR) is 67.8 cm³/mol. The average Bonchev–Trinajstić information content (AvgIpc) is 2.29. The van der Waals surface area contributed by atoms with Crippen LogP contribution in [0.2, 0.25) is 0 Å². The summed E-state index contributed by atoms with van der Waals surface area (Å²) in [5, 5.41) is 0. The number of rotatable bonds is 7. The standard InChI is InChI=1S/C14H20O2/c1-12(2)13-8-4-5-9-14(13)16-11-7-6-10-15-3/h4-5,8-9H,1,6-7,10-11H2,2-3H3. The first kappa shape index (κ1) is 12.8. The van der Waals surface area contributed by atoms with Crippen molar-refractivity contribution in [3.63, 3.8) is 0 Å². The maximum atomic E-state index is 5.73. The number of para-hydroxylation sites is 1. The van der Waals surface area contributed by atoms with Crippen LogP contribution in [0.1, 0.15) is 25.3 Å². The molecule has 88 valence electrons. The molecule has 1 aromatic carbocycles. The van der Waals surface area contributed by atoms with Crippen molar-refractivity contribution >= 4 is 5.57 Å². The summed E-state index contributed by atoms with van der Waals surface area (Å²) < 4.78 is 10.7. The van der Waals surface area contributed by atoms with E-state index in [1.54, 1.807) is 7.11 Å². The van der Waals surface area contributed by atoms with Crippen LogP contribution in [0.15, 0.2) is 30.8 Å². The van der Waals surface area contributed by atoms with Crippen LogP contribution in [0, 0.1) is 0 Å². The van der Waals surface area contributed by atoms with E-state index in [0.29, 0.717) is 0 Å². The summed E-state index contributed by atoms with van der Waals surface area (Å²) in [6.07, 6.45) is 2.05. The van der Waals surface area contributed by atoms with Crippen molar-refractivity contribution in [2.45, 2.75) is 19.8 Å². The molecule has 16 heavy (non-hydrogen) atoms. The summed E-state index contributed by atoms with van der Waals surface area (Å²) in [6.45, 7) is 7.46. The molecule has 0 radical (unpaired) electrons. The highest BCUT2D eigenvalue weighted by Gasteiger charge is 2.02. The number of benzene rings is 1. The van der Waals surface area contributed by atoms with E-state index >= 15 is 0 Å². The van der Waals surface area contributed by atoms with Crippen molar-refractivity contribution in [3.05, 3.63) is 36.4 Å². The Morgan fingerprint density at radius 2 is 1.88 bits per heavy atom. The van der Waals surface area contributed by atoms with Crippen molar-refractivity contribution in [2.24, 2.45) is 0 Å². The quantitative estimate of drug-likeness (QED) is 0.654. The van der Waals surface area contributed by atoms with Crippen molar-refractivity contribution in [2.75, 3.05) is 20.3 Å². The van der Waals surface area contributed by atoms with E-state index in [4.69, 9.17) is 9.47 Å². The Kier molecular flexibility index (Phi) is 5.65. The molecule has 0 aliphatic rings. The molecular weight excluding hydrogens is 200 g/mol. The Bertz CT molecular complexity index is 331. The van der Waals surface area contributed by atoms with Gasteiger partial charge in [0.25, 0.3) is 0 Å². The van der Waals surface area contributed by atoms with E-state index in [1.165, 1.54) is 0 Å². The Morgan fingerprint density at radius 1 is 1.19 bits per heavy atom. The second kappa shape index (κ2) is 7.07. The van der Waals surface area contributed by atoms with E-state index in [2.05, 4.69) is 6.58 Å². The molecule has 0 heterocycles. The maximum Gasteiger partial charge on any atom is 0.126 e. The zero-order chi connectivity index (χ0) is 11.8. The molecule has 0 bridgehead atoms. The Labute approximate surface area is 97.9 Å². The van der Waals surface area contributed by atoms with Crippen LogP contribution in [-0.4, -0.2) is 20.3 Å². The minimum absolute atomic E-state index is 0.730. The fourth-order valence-electron chi connectivity index (χ4n) is 1.48. The number of allylic oxidation sites excluding steroid dienone is 1. The highest BCUT2D eigenvalue weighted by atomic mass is 16.5. The summed E-state index contributed by atoms with van der Waals surface area (Å²) in [5.74, 6) is 0.924. The Morgan fingerprint density at radius 3 is 2.56 bits per heavy atom. The summed E-state index contributed by atoms with van der Waals surface area (Å²) >= 11 is 0. The van der Waals surface area contributed by atoms with Gasteiger partial charge in [-0.1, -0.05) is 24.8 Å². The van der Waals surface area contributed by atoms with Crippen molar-refractivity contribution in [1.29, 1.82) is 0 Å². The van der Waals surface area contributed by atoms with Crippen LogP contribution in [0.3, 0.4) is 0 Å². The van der Waals surface area contributed by atoms with Crippen LogP contribution in [0.5, 0.6) is 5.75 Å². The van der Waals surface area contributed by atoms with Gasteiger partial charge >= 0.3 is 0 Å². The second-order valence-electron chi connectivity index (χ2n) is 3.82. The molecule has 2 nitrogen and oxygen atoms in total. The maximum absolute atomic E-state index is 5.73. The number of hydrogen-bond acceptors (Lipinski definition) is 2. The van der Waals surface area contributed by atoms with Gasteiger partial charge in [-0.3, -0.25) is 0 Å². The molecule has 0 aromatic heterocycles. The first-order valence-corrected chi connectivity index (χ1v) is 5.62. The van der Waals surface area contributed by atoms with Crippen LogP contribution in [0.25, 0.3) is 5.57 Å². The molecule has 0 saturated heterocycles. The SMILES string of the molecule is C=C(C)c1ccccc1OCCCCOC. The van der Waals surface area contributed by atoms with Gasteiger partial charge in [0.1, 0.15) is 5.75 Å². The van der Waals surface area contributed by atoms with E-state index in [0.717, 1.165) is 42.9 Å². The molecule has 0 saturated carbocycles. The van der Waals surface area contributed by atoms with Crippen molar-refractivity contribution in [3.8, 4) is 5.75 Å². The molecule has 0 aliphatic carbocycles. The van der Waals surface area contributed by atoms with Crippen LogP contribution in [0.4, 0.5) is 0 Å². The monoisotopic (exact) mass is 220 g/mol. The summed E-state index contributed by atoms with van der Waals surface area (Å²) in [5.41, 5.74) is 2.13. The third-order valence-electron chi connectivity index (χ3n) is 2.35. The first-order chi connectivity index (χ1) is 7.75. The van der Waals surface area contributed by atoms with Gasteiger partial charge in [0, 0.05) is 19.3 Å². The highest BCUT2D eigenvalue weighted by molar-refractivity contribution is 5.66. The van der Waals surface area contributed by atoms with Crippen LogP contribution in [-0.2, 0) is 4.74 Å². The largest absolute Gasteiger partial charge is 0.493 e. The third-order valence-corrected chi connectivity index (χ3v) is 2.35. The molecule has 0 unspecified atom stereocenters. The Hall–Kier alpha value is -1.28. The molecule has 0 N–H and O–H groups in total. The summed E-state index contributed by atoms with van der Waals surface area (Å²) in [6, 6.07) is 8.01. The third kappa shape index (κ3) is 4.07. The molecule has 0 fully saturated rings. The van der Waals surface area contributed by atoms with Gasteiger partial charge in [0.15, 0.2) is 0 Å². The van der Waals surface area contributed by atoms with Gasteiger partial charge in [-0.2, -0.15) is 0 Å². The number of methoxy groups -OCH3 is 1. The molecule has 1 aromatic rings. The van der Waals surface area contributed by atoms with Crippen molar-refractivity contribution < 1.29 is 9.47 Å². The number of hydrogen-bond donors (Lipinski definition) is 0. The topological polar surface area (TPSA) is 18.5 Å². The highest BCUT2D eigenvalue weighted by Crippen LogP contribution is 2.24. The lowest BCUT2D eigenvalue weighted by atomic mass is 10.1. The average molecular weight is 220 g/mol. The molecule has 0 spiro atoms. The molecular formula is C14H20O2. The molecule has 0 atom stereocenters. The molecule has 2 heteroatoms. The predicted octanol–water partition coefficient (Wildman–Crippen LogP) is 3.53. The molecule has 1 rings (SSSR count). The zero-order valence-corrected chi connectivity index (χ0v) is 10.2. The Balaban J connectivity index is 2.44. The first-order valence-electron chi connectivity index (χ1n) is 5.62. The van der Waals surface area contributed by atoms with Gasteiger partial charge in [0.05, 0.1) is 6.61 Å². The lowest BCUT2D eigenvalue weighted by Crippen LogP contribution is -2.01. The number of unbranched alkanes of at least 4 members (excludes halogenated alkanes) is 1. The normalized spacial score (nSPS) is 10.1. The van der Waals surface area contributed by atoms with Crippen molar-refractivity contribution in [1.82, 2.24) is 0 Å². The lowest BCUT2D eigenvalue weighted by Gasteiger charge is -2.10. The van der Waals surface area contributed by atoms with Crippen LogP contribution >= 0.6 is 0 Å². The minimum Gasteiger partial charge on any atom is -0.493 e. The zero-order valence-electron chi connectivity index (χ0n) is 10.2. The van der Waals surface area contributed by atoms with Gasteiger partial charge in [0.2, 0.25) is 0 Å². The van der Waals surface area contributed by atoms with Gasteiger partial charge in [-0.15, -0.1) is 0 Å². The fourth-order valence-corrected chi connectivity index (χ4v) is 1.48. The lowest BCUT2D eigenvalue weighted by molar-refractivity contribution is 0.184. The number of ether oxygens (including phenoxy) is 2. The van der Waals surface area contributed by atoms with E-state index in [-0.39, 0.29) is 0 Å². The van der Waals surface area contributed by atoms with E-state index in [1.807, 2.05) is 31.2 Å². The van der Waals surface area contributed by atoms with Gasteiger partial charge in [-0.25, -0.2) is 0 Å². The smallest absolute Gasteiger partial charge is 0.126 e. The van der Waals surface area contributed by atoms with Gasteiger partial charge in [-0.05, 0) is 31.4 Å². The fraction of sp³-hybridized carbons (Fsp3) is 0.429. The minimum atomic E-state index is 0.730. The summed E-state index contributed by atoms with van der Waals surface area (Å²) in [7, 11) is 1.72. The second-order valence-corrected chi connectivity index (χ2v) is 3.82.